The maximum absolute atomic E-state index is 12.3. The smallest absolute Gasteiger partial charge is 0.325 e. The minimum atomic E-state index is -0.417. The lowest BCUT2D eigenvalue weighted by atomic mass is 10.1. The van der Waals surface area contributed by atoms with E-state index in [4.69, 9.17) is 0 Å². The van der Waals surface area contributed by atoms with Crippen LogP contribution >= 0.6 is 11.8 Å². The van der Waals surface area contributed by atoms with E-state index in [0.29, 0.717) is 0 Å². The lowest BCUT2D eigenvalue weighted by Crippen LogP contribution is -2.63. The molecule has 2 heterocycles. The number of nitrogens with one attached hydrogen (secondary N) is 1. The molecule has 23 heavy (non-hydrogen) atoms. The third-order valence-electron chi connectivity index (χ3n) is 4.16. The number of likely N-dealkylation sites (N-methyl/N-ethyl adjacent to an activating group) is 1. The fourth-order valence-electron chi connectivity index (χ4n) is 2.87. The first kappa shape index (κ1) is 17.8. The van der Waals surface area contributed by atoms with Gasteiger partial charge in [0.2, 0.25) is 0 Å². The van der Waals surface area contributed by atoms with Crippen molar-refractivity contribution in [2.75, 3.05) is 19.3 Å². The minimum absolute atomic E-state index is 0.246. The van der Waals surface area contributed by atoms with Crippen LogP contribution in [0.15, 0.2) is 17.6 Å². The molecule has 0 saturated carbocycles. The molecule has 1 N–H and O–H groups in total. The maximum atomic E-state index is 12.3. The average molecular weight is 338 g/mol. The molecule has 3 amide bonds. The van der Waals surface area contributed by atoms with Crippen molar-refractivity contribution in [3.05, 3.63) is 12.7 Å². The molecule has 2 rings (SSSR count). The van der Waals surface area contributed by atoms with Crippen molar-refractivity contribution in [3.63, 3.8) is 0 Å². The van der Waals surface area contributed by atoms with Gasteiger partial charge in [-0.25, -0.2) is 9.79 Å². The highest BCUT2D eigenvalue weighted by Crippen LogP contribution is 2.28. The molecular formula is C16H26N4O2S. The van der Waals surface area contributed by atoms with E-state index in [2.05, 4.69) is 28.7 Å². The summed E-state index contributed by atoms with van der Waals surface area (Å²) in [7, 11) is 1.68. The molecule has 2 aliphatic rings. The van der Waals surface area contributed by atoms with Crippen molar-refractivity contribution >= 4 is 28.9 Å². The zero-order chi connectivity index (χ0) is 16.8. The second-order valence-electron chi connectivity index (χ2n) is 5.88. The summed E-state index contributed by atoms with van der Waals surface area (Å²) in [4.78, 5) is 32.3. The number of amidine groups is 1. The fourth-order valence-corrected chi connectivity index (χ4v) is 3.70. The first-order valence-electron chi connectivity index (χ1n) is 8.26. The molecule has 0 radical (unpaired) electrons. The Hall–Kier alpha value is -1.50. The van der Waals surface area contributed by atoms with E-state index in [1.54, 1.807) is 18.8 Å². The Kier molecular flexibility index (Phi) is 6.50. The standard InChI is InChI=1S/C16H26N4O2S/c1-4-6-7-8-9-10-20-12-13(17-16(20)23-11-5-2)19(3)15(22)18-14(12)21/h5,12-13H,2,4,6-11H2,1,3H3,(H,18,21,22). The predicted octanol–water partition coefficient (Wildman–Crippen LogP) is 2.42. The van der Waals surface area contributed by atoms with Gasteiger partial charge in [-0.15, -0.1) is 6.58 Å². The van der Waals surface area contributed by atoms with Crippen LogP contribution in [0.2, 0.25) is 0 Å². The summed E-state index contributed by atoms with van der Waals surface area (Å²) in [6.07, 6.45) is 7.26. The van der Waals surface area contributed by atoms with Gasteiger partial charge in [-0.05, 0) is 6.42 Å². The summed E-state index contributed by atoms with van der Waals surface area (Å²) in [6.45, 7) is 6.73. The Bertz CT molecular complexity index is 494. The van der Waals surface area contributed by atoms with Gasteiger partial charge in [-0.1, -0.05) is 50.4 Å². The van der Waals surface area contributed by atoms with E-state index in [9.17, 15) is 9.59 Å². The molecule has 0 aliphatic carbocycles. The van der Waals surface area contributed by atoms with Gasteiger partial charge < -0.3 is 9.80 Å². The van der Waals surface area contributed by atoms with Crippen molar-refractivity contribution in [2.24, 2.45) is 4.99 Å². The number of fused-ring (bicyclic) bond motifs is 1. The number of hydrogen-bond acceptors (Lipinski definition) is 5. The summed E-state index contributed by atoms with van der Waals surface area (Å²) in [6, 6.07) is -0.783. The molecule has 128 valence electrons. The van der Waals surface area contributed by atoms with Gasteiger partial charge >= 0.3 is 6.03 Å². The molecule has 0 aromatic heterocycles. The molecule has 2 atom stereocenters. The normalized spacial score (nSPS) is 23.7. The Balaban J connectivity index is 2.05. The van der Waals surface area contributed by atoms with E-state index in [-0.39, 0.29) is 11.9 Å². The number of carbonyl (C=O) groups excluding carboxylic acids is 2. The van der Waals surface area contributed by atoms with Crippen LogP contribution in [0, 0.1) is 0 Å². The second kappa shape index (κ2) is 8.38. The molecule has 7 heteroatoms. The third-order valence-corrected chi connectivity index (χ3v) is 5.16. The lowest BCUT2D eigenvalue weighted by molar-refractivity contribution is -0.127. The van der Waals surface area contributed by atoms with Crippen molar-refractivity contribution in [1.29, 1.82) is 0 Å². The summed E-state index contributed by atoms with van der Waals surface area (Å²) in [5.74, 6) is 0.494. The quantitative estimate of drug-likeness (QED) is 0.545. The van der Waals surface area contributed by atoms with Gasteiger partial charge in [0, 0.05) is 19.3 Å². The van der Waals surface area contributed by atoms with Gasteiger partial charge in [-0.3, -0.25) is 10.1 Å². The summed E-state index contributed by atoms with van der Waals surface area (Å²) < 4.78 is 0. The number of urea groups is 1. The zero-order valence-corrected chi connectivity index (χ0v) is 14.8. The molecule has 0 bridgehead atoms. The van der Waals surface area contributed by atoms with Gasteiger partial charge in [0.25, 0.3) is 5.91 Å². The van der Waals surface area contributed by atoms with Crippen molar-refractivity contribution < 1.29 is 9.59 Å². The molecule has 2 unspecified atom stereocenters. The number of carbonyl (C=O) groups is 2. The van der Waals surface area contributed by atoms with E-state index < -0.39 is 12.2 Å². The minimum Gasteiger partial charge on any atom is -0.336 e. The van der Waals surface area contributed by atoms with Gasteiger partial charge in [-0.2, -0.15) is 0 Å². The van der Waals surface area contributed by atoms with Crippen LogP contribution in [0.1, 0.15) is 39.0 Å². The molecule has 2 aliphatic heterocycles. The first-order chi connectivity index (χ1) is 11.1. The van der Waals surface area contributed by atoms with E-state index >= 15 is 0 Å². The fraction of sp³-hybridized carbons (Fsp3) is 0.688. The number of rotatable bonds is 8. The Labute approximate surface area is 142 Å². The van der Waals surface area contributed by atoms with E-state index in [1.807, 2.05) is 6.08 Å². The van der Waals surface area contributed by atoms with Crippen LogP contribution < -0.4 is 5.32 Å². The highest BCUT2D eigenvalue weighted by molar-refractivity contribution is 8.13. The van der Waals surface area contributed by atoms with Crippen molar-refractivity contribution in [3.8, 4) is 0 Å². The average Bonchev–Trinajstić information content (AvgIpc) is 2.90. The summed E-state index contributed by atoms with van der Waals surface area (Å²) >= 11 is 1.57. The Morgan fingerprint density at radius 3 is 2.74 bits per heavy atom. The van der Waals surface area contributed by atoms with E-state index in [1.165, 1.54) is 24.2 Å². The largest absolute Gasteiger partial charge is 0.336 e. The van der Waals surface area contributed by atoms with Crippen LogP contribution in [-0.4, -0.2) is 58.5 Å². The molecule has 0 spiro atoms. The number of aliphatic imine (C=N–C) groups is 1. The van der Waals surface area contributed by atoms with Crippen LogP contribution in [0.4, 0.5) is 4.79 Å². The van der Waals surface area contributed by atoms with E-state index in [0.717, 1.165) is 30.3 Å². The number of thioether (sulfide) groups is 1. The van der Waals surface area contributed by atoms with Crippen molar-refractivity contribution in [1.82, 2.24) is 15.1 Å². The third kappa shape index (κ3) is 4.07. The zero-order valence-electron chi connectivity index (χ0n) is 14.0. The highest BCUT2D eigenvalue weighted by atomic mass is 32.2. The second-order valence-corrected chi connectivity index (χ2v) is 6.87. The number of unbranched alkanes of at least 4 members (excludes halogenated alkanes) is 4. The van der Waals surface area contributed by atoms with Gasteiger partial charge in [0.1, 0.15) is 0 Å². The SMILES string of the molecule is C=CCSC1=NC2C(C(=O)NC(=O)N2C)N1CCCCCCC. The van der Waals surface area contributed by atoms with Crippen LogP contribution in [-0.2, 0) is 4.79 Å². The molecule has 0 aromatic rings. The number of nitrogens with zero attached hydrogens (tertiary/aromatic N) is 3. The molecule has 1 fully saturated rings. The van der Waals surface area contributed by atoms with Crippen LogP contribution in [0.3, 0.4) is 0 Å². The summed E-state index contributed by atoms with van der Waals surface area (Å²) in [5.41, 5.74) is 0. The maximum Gasteiger partial charge on any atom is 0.325 e. The van der Waals surface area contributed by atoms with Gasteiger partial charge in [0.15, 0.2) is 17.4 Å². The van der Waals surface area contributed by atoms with Crippen LogP contribution in [0.25, 0.3) is 0 Å². The predicted molar refractivity (Wildman–Crippen MR) is 94.4 cm³/mol. The number of amides is 3. The summed E-state index contributed by atoms with van der Waals surface area (Å²) in [5, 5.41) is 3.26. The molecular weight excluding hydrogens is 312 g/mol. The number of imide groups is 1. The van der Waals surface area contributed by atoms with Crippen molar-refractivity contribution in [2.45, 2.75) is 51.2 Å². The number of hydrogen-bond donors (Lipinski definition) is 1. The molecule has 6 nitrogen and oxygen atoms in total. The highest BCUT2D eigenvalue weighted by Gasteiger charge is 2.48. The molecule has 1 saturated heterocycles. The Morgan fingerprint density at radius 2 is 2.04 bits per heavy atom. The van der Waals surface area contributed by atoms with Gasteiger partial charge in [0.05, 0.1) is 0 Å². The lowest BCUT2D eigenvalue weighted by Gasteiger charge is -2.36. The monoisotopic (exact) mass is 338 g/mol. The molecule has 0 aromatic carbocycles. The Morgan fingerprint density at radius 1 is 1.30 bits per heavy atom. The van der Waals surface area contributed by atoms with Crippen LogP contribution in [0.5, 0.6) is 0 Å². The first-order valence-corrected chi connectivity index (χ1v) is 9.24. The topological polar surface area (TPSA) is 65.0 Å².